The molecule has 0 aliphatic rings. The Morgan fingerprint density at radius 2 is 1.50 bits per heavy atom. The van der Waals surface area contributed by atoms with Crippen molar-refractivity contribution in [2.24, 2.45) is 0 Å². The average Bonchev–Trinajstić information content (AvgIpc) is 2.78. The third-order valence-electron chi connectivity index (χ3n) is 4.82. The van der Waals surface area contributed by atoms with Crippen molar-refractivity contribution in [3.63, 3.8) is 0 Å². The molecule has 2 amide bonds. The van der Waals surface area contributed by atoms with E-state index in [1.807, 2.05) is 36.4 Å². The van der Waals surface area contributed by atoms with E-state index in [0.29, 0.717) is 27.8 Å². The largest absolute Gasteiger partial charge is 0.348 e. The van der Waals surface area contributed by atoms with Crippen LogP contribution in [0.2, 0.25) is 0 Å². The molecule has 4 aromatic carbocycles. The number of carbonyl (C=O) groups excluding carboxylic acids is 2. The van der Waals surface area contributed by atoms with Crippen molar-refractivity contribution in [1.82, 2.24) is 5.32 Å². The summed E-state index contributed by atoms with van der Waals surface area (Å²) in [6, 6.07) is 28.3. The molecule has 0 saturated heterocycles. The van der Waals surface area contributed by atoms with Crippen molar-refractivity contribution in [2.75, 3.05) is 5.32 Å². The quantitative estimate of drug-likeness (QED) is 0.397. The Morgan fingerprint density at radius 3 is 2.37 bits per heavy atom. The molecule has 0 saturated carbocycles. The maximum absolute atomic E-state index is 12.7. The first kappa shape index (κ1) is 19.9. The summed E-state index contributed by atoms with van der Waals surface area (Å²) in [4.78, 5) is 25.2. The van der Waals surface area contributed by atoms with Crippen LogP contribution < -0.4 is 10.6 Å². The lowest BCUT2D eigenvalue weighted by Gasteiger charge is -2.10. The number of nitrogens with one attached hydrogen (secondary N) is 2. The molecule has 4 nitrogen and oxygen atoms in total. The van der Waals surface area contributed by atoms with Gasteiger partial charge in [-0.05, 0) is 62.6 Å². The zero-order chi connectivity index (χ0) is 20.9. The van der Waals surface area contributed by atoms with Gasteiger partial charge >= 0.3 is 0 Å². The highest BCUT2D eigenvalue weighted by Gasteiger charge is 2.12. The number of anilines is 1. The van der Waals surface area contributed by atoms with E-state index < -0.39 is 0 Å². The van der Waals surface area contributed by atoms with Gasteiger partial charge in [-0.25, -0.2) is 0 Å². The van der Waals surface area contributed by atoms with E-state index in [-0.39, 0.29) is 11.8 Å². The molecule has 4 aromatic rings. The summed E-state index contributed by atoms with van der Waals surface area (Å²) in [6.45, 7) is 0.424. The standard InChI is InChI=1S/C25H19BrN2O2/c26-23-14-4-3-13-22(23)25(30)28-20-11-6-9-18(15-20)24(29)27-16-19-10-5-8-17-7-1-2-12-21(17)19/h1-15H,16H2,(H,27,29)(H,28,30). The number of amides is 2. The number of hydrogen-bond donors (Lipinski definition) is 2. The van der Waals surface area contributed by atoms with Crippen molar-refractivity contribution in [3.8, 4) is 0 Å². The summed E-state index contributed by atoms with van der Waals surface area (Å²) in [5.41, 5.74) is 2.64. The number of carbonyl (C=O) groups is 2. The van der Waals surface area contributed by atoms with Gasteiger partial charge in [0.15, 0.2) is 0 Å². The predicted molar refractivity (Wildman–Crippen MR) is 124 cm³/mol. The van der Waals surface area contributed by atoms with Crippen LogP contribution >= 0.6 is 15.9 Å². The Morgan fingerprint density at radius 1 is 0.767 bits per heavy atom. The molecular weight excluding hydrogens is 440 g/mol. The van der Waals surface area contributed by atoms with Gasteiger partial charge in [-0.15, -0.1) is 0 Å². The monoisotopic (exact) mass is 458 g/mol. The molecule has 0 radical (unpaired) electrons. The molecule has 0 spiro atoms. The van der Waals surface area contributed by atoms with Crippen LogP contribution in [0, 0.1) is 0 Å². The summed E-state index contributed by atoms with van der Waals surface area (Å²) in [6.07, 6.45) is 0. The third kappa shape index (κ3) is 4.42. The number of fused-ring (bicyclic) bond motifs is 1. The zero-order valence-corrected chi connectivity index (χ0v) is 17.6. The van der Waals surface area contributed by atoms with Crippen LogP contribution in [-0.2, 0) is 6.54 Å². The molecule has 4 rings (SSSR count). The lowest BCUT2D eigenvalue weighted by molar-refractivity contribution is 0.0949. The molecule has 0 aliphatic heterocycles. The van der Waals surface area contributed by atoms with Crippen LogP contribution in [0.25, 0.3) is 10.8 Å². The number of rotatable bonds is 5. The third-order valence-corrected chi connectivity index (χ3v) is 5.51. The molecule has 0 atom stereocenters. The van der Waals surface area contributed by atoms with E-state index in [0.717, 1.165) is 16.3 Å². The minimum atomic E-state index is -0.240. The lowest BCUT2D eigenvalue weighted by atomic mass is 10.0. The second-order valence-electron chi connectivity index (χ2n) is 6.84. The van der Waals surface area contributed by atoms with Gasteiger partial charge in [-0.1, -0.05) is 60.7 Å². The molecule has 30 heavy (non-hydrogen) atoms. The summed E-state index contributed by atoms with van der Waals surface area (Å²) in [7, 11) is 0. The van der Waals surface area contributed by atoms with Gasteiger partial charge in [0, 0.05) is 22.3 Å². The second-order valence-corrected chi connectivity index (χ2v) is 7.69. The molecule has 0 fully saturated rings. The fraction of sp³-hybridized carbons (Fsp3) is 0.0400. The Labute approximate surface area is 183 Å². The highest BCUT2D eigenvalue weighted by Crippen LogP contribution is 2.20. The van der Waals surface area contributed by atoms with Crippen LogP contribution in [0.4, 0.5) is 5.69 Å². The molecule has 2 N–H and O–H groups in total. The summed E-state index contributed by atoms with van der Waals surface area (Å²) in [5.74, 6) is -0.435. The lowest BCUT2D eigenvalue weighted by Crippen LogP contribution is -2.23. The van der Waals surface area contributed by atoms with Gasteiger partial charge in [0.2, 0.25) is 0 Å². The molecule has 0 heterocycles. The molecule has 0 aliphatic carbocycles. The molecule has 5 heteroatoms. The SMILES string of the molecule is O=C(NCc1cccc2ccccc12)c1cccc(NC(=O)c2ccccc2Br)c1. The first-order chi connectivity index (χ1) is 14.6. The Bertz CT molecular complexity index is 1230. The molecule has 0 aromatic heterocycles. The highest BCUT2D eigenvalue weighted by atomic mass is 79.9. The van der Waals surface area contributed by atoms with E-state index in [1.165, 1.54) is 0 Å². The minimum absolute atomic E-state index is 0.195. The topological polar surface area (TPSA) is 58.2 Å². The van der Waals surface area contributed by atoms with Gasteiger partial charge < -0.3 is 10.6 Å². The van der Waals surface area contributed by atoms with Crippen LogP contribution in [0.1, 0.15) is 26.3 Å². The van der Waals surface area contributed by atoms with E-state index in [9.17, 15) is 9.59 Å². The number of benzene rings is 4. The fourth-order valence-corrected chi connectivity index (χ4v) is 3.77. The van der Waals surface area contributed by atoms with E-state index in [2.05, 4.69) is 44.8 Å². The van der Waals surface area contributed by atoms with E-state index in [4.69, 9.17) is 0 Å². The molecule has 0 unspecified atom stereocenters. The summed E-state index contributed by atoms with van der Waals surface area (Å²) < 4.78 is 0.714. The van der Waals surface area contributed by atoms with Crippen molar-refractivity contribution >= 4 is 44.2 Å². The maximum atomic E-state index is 12.7. The van der Waals surface area contributed by atoms with Gasteiger partial charge in [-0.3, -0.25) is 9.59 Å². The van der Waals surface area contributed by atoms with Gasteiger partial charge in [0.1, 0.15) is 0 Å². The predicted octanol–water partition coefficient (Wildman–Crippen LogP) is 5.78. The van der Waals surface area contributed by atoms with Crippen molar-refractivity contribution < 1.29 is 9.59 Å². The van der Waals surface area contributed by atoms with Gasteiger partial charge in [0.25, 0.3) is 11.8 Å². The minimum Gasteiger partial charge on any atom is -0.348 e. The van der Waals surface area contributed by atoms with Gasteiger partial charge in [-0.2, -0.15) is 0 Å². The average molecular weight is 459 g/mol. The normalized spacial score (nSPS) is 10.6. The highest BCUT2D eigenvalue weighted by molar-refractivity contribution is 9.10. The van der Waals surface area contributed by atoms with Crippen LogP contribution in [-0.4, -0.2) is 11.8 Å². The molecule has 0 bridgehead atoms. The smallest absolute Gasteiger partial charge is 0.256 e. The van der Waals surface area contributed by atoms with E-state index in [1.54, 1.807) is 36.4 Å². The maximum Gasteiger partial charge on any atom is 0.256 e. The Balaban J connectivity index is 1.46. The number of halogens is 1. The van der Waals surface area contributed by atoms with Crippen molar-refractivity contribution in [1.29, 1.82) is 0 Å². The van der Waals surface area contributed by atoms with Crippen molar-refractivity contribution in [2.45, 2.75) is 6.54 Å². The molecule has 148 valence electrons. The van der Waals surface area contributed by atoms with Gasteiger partial charge in [0.05, 0.1) is 5.56 Å². The Kier molecular flexibility index (Phi) is 5.91. The summed E-state index contributed by atoms with van der Waals surface area (Å²) >= 11 is 3.38. The van der Waals surface area contributed by atoms with E-state index >= 15 is 0 Å². The Hall–Kier alpha value is -3.44. The van der Waals surface area contributed by atoms with Crippen LogP contribution in [0.3, 0.4) is 0 Å². The van der Waals surface area contributed by atoms with Crippen LogP contribution in [0.5, 0.6) is 0 Å². The fourth-order valence-electron chi connectivity index (χ4n) is 3.31. The zero-order valence-electron chi connectivity index (χ0n) is 16.1. The van der Waals surface area contributed by atoms with Crippen molar-refractivity contribution in [3.05, 3.63) is 112 Å². The number of hydrogen-bond acceptors (Lipinski definition) is 2. The molecular formula is C25H19BrN2O2. The first-order valence-corrected chi connectivity index (χ1v) is 10.3. The van der Waals surface area contributed by atoms with Crippen LogP contribution in [0.15, 0.2) is 95.5 Å². The second kappa shape index (κ2) is 8.93. The summed E-state index contributed by atoms with van der Waals surface area (Å²) in [5, 5.41) is 8.07. The first-order valence-electron chi connectivity index (χ1n) is 9.52.